The topological polar surface area (TPSA) is 107 Å². The molecule has 2 rings (SSSR count). The molecule has 0 bridgehead atoms. The summed E-state index contributed by atoms with van der Waals surface area (Å²) in [5.41, 5.74) is 4.04. The zero-order valence-corrected chi connectivity index (χ0v) is 19.0. The van der Waals surface area contributed by atoms with Crippen molar-refractivity contribution in [2.45, 2.75) is 13.3 Å². The van der Waals surface area contributed by atoms with Gasteiger partial charge in [-0.1, -0.05) is 19.1 Å². The van der Waals surface area contributed by atoms with Gasteiger partial charge >= 0.3 is 0 Å². The highest BCUT2D eigenvalue weighted by molar-refractivity contribution is 7.92. The number of sulfonamides is 1. The lowest BCUT2D eigenvalue weighted by Crippen LogP contribution is -2.39. The van der Waals surface area contributed by atoms with E-state index in [2.05, 4.69) is 10.5 Å². The first-order chi connectivity index (χ1) is 14.7. The zero-order chi connectivity index (χ0) is 23.0. The molecule has 168 valence electrons. The van der Waals surface area contributed by atoms with Gasteiger partial charge in [0.05, 0.1) is 39.0 Å². The van der Waals surface area contributed by atoms with Gasteiger partial charge in [-0.3, -0.25) is 9.10 Å². The van der Waals surface area contributed by atoms with E-state index in [1.54, 1.807) is 49.6 Å². The van der Waals surface area contributed by atoms with E-state index in [1.807, 2.05) is 6.92 Å². The molecule has 0 atom stereocenters. The smallest absolute Gasteiger partial charge is 0.260 e. The molecule has 1 amide bonds. The van der Waals surface area contributed by atoms with Crippen LogP contribution < -0.4 is 23.9 Å². The molecule has 0 spiro atoms. The van der Waals surface area contributed by atoms with Gasteiger partial charge in [-0.2, -0.15) is 5.10 Å². The van der Waals surface area contributed by atoms with Crippen LogP contribution in [-0.4, -0.2) is 54.2 Å². The Kier molecular flexibility index (Phi) is 8.26. The van der Waals surface area contributed by atoms with Gasteiger partial charge in [0.25, 0.3) is 5.91 Å². The van der Waals surface area contributed by atoms with Gasteiger partial charge in [0.1, 0.15) is 12.3 Å². The summed E-state index contributed by atoms with van der Waals surface area (Å²) < 4.78 is 41.4. The Morgan fingerprint density at radius 1 is 1.00 bits per heavy atom. The Balaban J connectivity index is 2.25. The van der Waals surface area contributed by atoms with E-state index in [-0.39, 0.29) is 5.69 Å². The largest absolute Gasteiger partial charge is 0.495 e. The van der Waals surface area contributed by atoms with Crippen molar-refractivity contribution in [1.29, 1.82) is 0 Å². The molecular formula is C21H27N3O6S. The molecule has 0 heterocycles. The summed E-state index contributed by atoms with van der Waals surface area (Å²) in [6.07, 6.45) is 1.55. The van der Waals surface area contributed by atoms with E-state index in [4.69, 9.17) is 14.2 Å². The molecule has 0 fully saturated rings. The average Bonchev–Trinajstić information content (AvgIpc) is 2.76. The summed E-state index contributed by atoms with van der Waals surface area (Å²) >= 11 is 0. The van der Waals surface area contributed by atoms with E-state index in [1.165, 1.54) is 14.2 Å². The maximum Gasteiger partial charge on any atom is 0.260 e. The summed E-state index contributed by atoms with van der Waals surface area (Å²) in [4.78, 5) is 12.5. The molecule has 0 radical (unpaired) electrons. The number of methoxy groups -OCH3 is 3. The van der Waals surface area contributed by atoms with Crippen LogP contribution in [0.5, 0.6) is 17.2 Å². The van der Waals surface area contributed by atoms with Crippen LogP contribution >= 0.6 is 0 Å². The van der Waals surface area contributed by atoms with Crippen molar-refractivity contribution >= 4 is 27.3 Å². The Hall–Kier alpha value is -3.27. The summed E-state index contributed by atoms with van der Waals surface area (Å²) in [5.74, 6) is 0.852. The molecule has 0 saturated heterocycles. The van der Waals surface area contributed by atoms with Crippen LogP contribution in [0.2, 0.25) is 0 Å². The molecule has 31 heavy (non-hydrogen) atoms. The molecule has 9 nitrogen and oxygen atoms in total. The summed E-state index contributed by atoms with van der Waals surface area (Å²) in [6.45, 7) is 1.44. The predicted molar refractivity (Wildman–Crippen MR) is 120 cm³/mol. The highest BCUT2D eigenvalue weighted by Crippen LogP contribution is 2.29. The minimum absolute atomic E-state index is 0.266. The fourth-order valence-electron chi connectivity index (χ4n) is 2.88. The number of anilines is 1. The minimum atomic E-state index is -3.75. The third-order valence-corrected chi connectivity index (χ3v) is 5.54. The molecule has 2 aromatic rings. The number of carbonyl (C=O) groups is 1. The van der Waals surface area contributed by atoms with Crippen LogP contribution in [0.25, 0.3) is 0 Å². The highest BCUT2D eigenvalue weighted by Gasteiger charge is 2.23. The van der Waals surface area contributed by atoms with E-state index in [0.29, 0.717) is 29.4 Å². The van der Waals surface area contributed by atoms with Crippen molar-refractivity contribution < 1.29 is 27.4 Å². The maximum atomic E-state index is 12.5. The fourth-order valence-corrected chi connectivity index (χ4v) is 3.74. The lowest BCUT2D eigenvalue weighted by atomic mass is 10.1. The van der Waals surface area contributed by atoms with Gasteiger partial charge < -0.3 is 14.2 Å². The number of nitrogens with one attached hydrogen (secondary N) is 1. The first-order valence-corrected chi connectivity index (χ1v) is 11.3. The number of rotatable bonds is 10. The quantitative estimate of drug-likeness (QED) is 0.441. The molecular weight excluding hydrogens is 422 g/mol. The molecule has 0 aliphatic rings. The second kappa shape index (κ2) is 10.7. The minimum Gasteiger partial charge on any atom is -0.495 e. The number of hydrazone groups is 1. The first kappa shape index (κ1) is 24.0. The molecule has 10 heteroatoms. The van der Waals surface area contributed by atoms with Crippen LogP contribution in [0.3, 0.4) is 0 Å². The average molecular weight is 450 g/mol. The van der Waals surface area contributed by atoms with Crippen molar-refractivity contribution in [3.8, 4) is 17.2 Å². The number of carbonyl (C=O) groups excluding carboxylic acids is 1. The Morgan fingerprint density at radius 2 is 1.65 bits per heavy atom. The molecule has 2 aromatic carbocycles. The first-order valence-electron chi connectivity index (χ1n) is 9.43. The van der Waals surface area contributed by atoms with Gasteiger partial charge in [0.15, 0.2) is 11.5 Å². The van der Waals surface area contributed by atoms with E-state index in [9.17, 15) is 13.2 Å². The third kappa shape index (κ3) is 6.11. The molecule has 0 unspecified atom stereocenters. The van der Waals surface area contributed by atoms with Gasteiger partial charge in [-0.15, -0.1) is 0 Å². The van der Waals surface area contributed by atoms with Gasteiger partial charge in [-0.05, 0) is 36.8 Å². The Morgan fingerprint density at radius 3 is 2.23 bits per heavy atom. The molecule has 0 saturated carbocycles. The second-order valence-electron chi connectivity index (χ2n) is 6.46. The lowest BCUT2D eigenvalue weighted by molar-refractivity contribution is -0.119. The molecule has 0 aromatic heterocycles. The Labute approximate surface area is 182 Å². The van der Waals surface area contributed by atoms with Crippen LogP contribution in [0, 0.1) is 0 Å². The number of hydrogen-bond donors (Lipinski definition) is 1. The summed E-state index contributed by atoms with van der Waals surface area (Å²) in [7, 11) is 0.761. The number of para-hydroxylation sites is 2. The normalized spacial score (nSPS) is 11.6. The fraction of sp³-hybridized carbons (Fsp3) is 0.333. The number of amides is 1. The van der Waals surface area contributed by atoms with Crippen LogP contribution in [0.15, 0.2) is 47.6 Å². The lowest BCUT2D eigenvalue weighted by Gasteiger charge is -2.23. The van der Waals surface area contributed by atoms with Crippen LogP contribution in [0.1, 0.15) is 18.9 Å². The van der Waals surface area contributed by atoms with Gasteiger partial charge in [-0.25, -0.2) is 13.8 Å². The highest BCUT2D eigenvalue weighted by atomic mass is 32.2. The van der Waals surface area contributed by atoms with Gasteiger partial charge in [0, 0.05) is 5.56 Å². The second-order valence-corrected chi connectivity index (χ2v) is 8.37. The monoisotopic (exact) mass is 449 g/mol. The summed E-state index contributed by atoms with van der Waals surface area (Å²) in [5, 5.41) is 4.18. The van der Waals surface area contributed by atoms with Crippen molar-refractivity contribution in [2.24, 2.45) is 5.10 Å². The van der Waals surface area contributed by atoms with Crippen molar-refractivity contribution in [3.63, 3.8) is 0 Å². The van der Waals surface area contributed by atoms with Crippen molar-refractivity contribution in [1.82, 2.24) is 5.43 Å². The number of hydrogen-bond acceptors (Lipinski definition) is 7. The van der Waals surface area contributed by atoms with E-state index >= 15 is 0 Å². The third-order valence-electron chi connectivity index (χ3n) is 4.41. The number of benzene rings is 2. The van der Waals surface area contributed by atoms with E-state index in [0.717, 1.165) is 16.1 Å². The van der Waals surface area contributed by atoms with Crippen molar-refractivity contribution in [2.75, 3.05) is 38.4 Å². The number of ether oxygens (including phenoxy) is 3. The van der Waals surface area contributed by atoms with Crippen molar-refractivity contribution in [3.05, 3.63) is 48.0 Å². The molecule has 1 N–H and O–H groups in total. The molecule has 0 aliphatic heterocycles. The van der Waals surface area contributed by atoms with Gasteiger partial charge in [0.2, 0.25) is 10.0 Å². The predicted octanol–water partition coefficient (Wildman–Crippen LogP) is 2.41. The maximum absolute atomic E-state index is 12.5. The SMILES string of the molecule is CCC(=NNC(=O)CN(c1ccccc1OC)S(C)(=O)=O)c1ccc(OC)c(OC)c1. The Bertz CT molecular complexity index is 1050. The zero-order valence-electron chi connectivity index (χ0n) is 18.2. The van der Waals surface area contributed by atoms with E-state index < -0.39 is 22.5 Å². The van der Waals surface area contributed by atoms with Crippen LogP contribution in [0.4, 0.5) is 5.69 Å². The standard InChI is InChI=1S/C21H27N3O6S/c1-6-16(15-11-12-19(29-3)20(13-15)30-4)22-23-21(25)14-24(31(5,26)27)17-9-7-8-10-18(17)28-2/h7-13H,6,14H2,1-5H3,(H,23,25). The van der Waals surface area contributed by atoms with Crippen LogP contribution in [-0.2, 0) is 14.8 Å². The number of nitrogens with zero attached hydrogens (tertiary/aromatic N) is 2. The molecule has 0 aliphatic carbocycles. The summed E-state index contributed by atoms with van der Waals surface area (Å²) in [6, 6.07) is 11.9.